The molecule has 3 nitrogen and oxygen atoms in total. The highest BCUT2D eigenvalue weighted by molar-refractivity contribution is 7.71. The second-order valence-corrected chi connectivity index (χ2v) is 2.93. The Bertz CT molecular complexity index is 271. The minimum absolute atomic E-state index is 0.355. The van der Waals surface area contributed by atoms with Crippen LogP contribution in [0.1, 0.15) is 19.9 Å². The molecule has 0 radical (unpaired) electrons. The van der Waals surface area contributed by atoms with Crippen molar-refractivity contribution in [1.29, 1.82) is 0 Å². The van der Waals surface area contributed by atoms with Crippen molar-refractivity contribution in [3.63, 3.8) is 0 Å². The number of hydrogen-bond acceptors (Lipinski definition) is 2. The predicted octanol–water partition coefficient (Wildman–Crippen LogP) is 1.53. The zero-order chi connectivity index (χ0) is 7.72. The second-order valence-electron chi connectivity index (χ2n) is 2.56. The maximum absolute atomic E-state index is 5.07. The normalized spacial score (nSPS) is 10.8. The van der Waals surface area contributed by atoms with E-state index in [-0.39, 0.29) is 0 Å². The molecule has 0 amide bonds. The average molecular weight is 157 g/mol. The summed E-state index contributed by atoms with van der Waals surface area (Å²) in [6.07, 6.45) is 1.72. The van der Waals surface area contributed by atoms with E-state index in [1.807, 2.05) is 16.3 Å². The first-order valence-electron chi connectivity index (χ1n) is 3.23. The van der Waals surface area contributed by atoms with Crippen LogP contribution in [0.15, 0.2) is 6.33 Å². The van der Waals surface area contributed by atoms with Crippen LogP contribution in [0, 0.1) is 4.77 Å². The van der Waals surface area contributed by atoms with Crippen molar-refractivity contribution in [3.8, 4) is 0 Å². The first-order valence-corrected chi connectivity index (χ1v) is 3.64. The van der Waals surface area contributed by atoms with Crippen LogP contribution in [0.4, 0.5) is 0 Å². The van der Waals surface area contributed by atoms with Gasteiger partial charge in [-0.2, -0.15) is 5.10 Å². The zero-order valence-corrected chi connectivity index (χ0v) is 7.22. The van der Waals surface area contributed by atoms with Crippen LogP contribution in [-0.2, 0) is 7.05 Å². The van der Waals surface area contributed by atoms with Crippen molar-refractivity contribution in [2.45, 2.75) is 19.9 Å². The number of hydrogen-bond donors (Lipinski definition) is 0. The SMILES string of the molecule is CC(C)n1ncn(C)c1=S. The number of aryl methyl sites for hydroxylation is 1. The molecule has 0 aliphatic rings. The number of aromatic nitrogens is 3. The van der Waals surface area contributed by atoms with Gasteiger partial charge in [-0.05, 0) is 26.1 Å². The third kappa shape index (κ3) is 1.11. The van der Waals surface area contributed by atoms with E-state index >= 15 is 0 Å². The molecular weight excluding hydrogens is 146 g/mol. The zero-order valence-electron chi connectivity index (χ0n) is 6.40. The standard InChI is InChI=1S/C6H11N3S/c1-5(2)9-6(10)8(3)4-7-9/h4-5H,1-3H3. The Balaban J connectivity index is 3.18. The molecular formula is C6H11N3S. The molecule has 0 fully saturated rings. The summed E-state index contributed by atoms with van der Waals surface area (Å²) in [6, 6.07) is 0.355. The van der Waals surface area contributed by atoms with Gasteiger partial charge in [-0.25, -0.2) is 4.68 Å². The molecule has 0 bridgehead atoms. The van der Waals surface area contributed by atoms with Gasteiger partial charge in [0.2, 0.25) is 0 Å². The van der Waals surface area contributed by atoms with Gasteiger partial charge in [0.25, 0.3) is 0 Å². The van der Waals surface area contributed by atoms with Crippen molar-refractivity contribution in [1.82, 2.24) is 14.3 Å². The Kier molecular flexibility index (Phi) is 1.89. The highest BCUT2D eigenvalue weighted by atomic mass is 32.1. The summed E-state index contributed by atoms with van der Waals surface area (Å²) in [5.41, 5.74) is 0. The summed E-state index contributed by atoms with van der Waals surface area (Å²) in [4.78, 5) is 0. The Labute approximate surface area is 65.3 Å². The Morgan fingerprint density at radius 3 is 2.40 bits per heavy atom. The molecule has 1 rings (SSSR count). The third-order valence-corrected chi connectivity index (χ3v) is 1.81. The summed E-state index contributed by atoms with van der Waals surface area (Å²) in [7, 11) is 1.90. The van der Waals surface area contributed by atoms with E-state index in [1.165, 1.54) is 0 Å². The monoisotopic (exact) mass is 157 g/mol. The summed E-state index contributed by atoms with van der Waals surface area (Å²) >= 11 is 5.07. The fourth-order valence-electron chi connectivity index (χ4n) is 0.748. The fraction of sp³-hybridized carbons (Fsp3) is 0.667. The molecule has 0 aromatic carbocycles. The van der Waals surface area contributed by atoms with E-state index in [9.17, 15) is 0 Å². The van der Waals surface area contributed by atoms with Crippen molar-refractivity contribution >= 4 is 12.2 Å². The van der Waals surface area contributed by atoms with Gasteiger partial charge < -0.3 is 4.57 Å². The van der Waals surface area contributed by atoms with Crippen LogP contribution in [0.2, 0.25) is 0 Å². The van der Waals surface area contributed by atoms with E-state index in [2.05, 4.69) is 18.9 Å². The van der Waals surface area contributed by atoms with Gasteiger partial charge in [0.1, 0.15) is 6.33 Å². The largest absolute Gasteiger partial charge is 0.310 e. The molecule has 1 aromatic rings. The van der Waals surface area contributed by atoms with Gasteiger partial charge in [-0.3, -0.25) is 0 Å². The Morgan fingerprint density at radius 1 is 1.60 bits per heavy atom. The highest BCUT2D eigenvalue weighted by Gasteiger charge is 1.99. The Morgan fingerprint density at radius 2 is 2.20 bits per heavy atom. The summed E-state index contributed by atoms with van der Waals surface area (Å²) < 4.78 is 4.42. The molecule has 0 aliphatic carbocycles. The molecule has 1 heterocycles. The first-order chi connectivity index (χ1) is 4.63. The molecule has 10 heavy (non-hydrogen) atoms. The van der Waals surface area contributed by atoms with Crippen LogP contribution in [0.5, 0.6) is 0 Å². The summed E-state index contributed by atoms with van der Waals surface area (Å²) in [5, 5.41) is 4.09. The van der Waals surface area contributed by atoms with Crippen molar-refractivity contribution in [3.05, 3.63) is 11.1 Å². The van der Waals surface area contributed by atoms with Gasteiger partial charge in [-0.1, -0.05) is 0 Å². The molecule has 0 aliphatic heterocycles. The smallest absolute Gasteiger partial charge is 0.197 e. The lowest BCUT2D eigenvalue weighted by Gasteiger charge is -2.02. The van der Waals surface area contributed by atoms with Gasteiger partial charge in [0.15, 0.2) is 4.77 Å². The van der Waals surface area contributed by atoms with Crippen molar-refractivity contribution in [2.24, 2.45) is 7.05 Å². The minimum atomic E-state index is 0.355. The second kappa shape index (κ2) is 2.54. The minimum Gasteiger partial charge on any atom is -0.310 e. The molecule has 0 unspecified atom stereocenters. The van der Waals surface area contributed by atoms with Gasteiger partial charge in [0.05, 0.1) is 0 Å². The Hall–Kier alpha value is -0.640. The molecule has 1 aromatic heterocycles. The van der Waals surface area contributed by atoms with E-state index in [4.69, 9.17) is 12.2 Å². The predicted molar refractivity (Wildman–Crippen MR) is 42.4 cm³/mol. The molecule has 0 atom stereocenters. The fourth-order valence-corrected chi connectivity index (χ4v) is 1.05. The highest BCUT2D eigenvalue weighted by Crippen LogP contribution is 2.01. The van der Waals surface area contributed by atoms with Crippen LogP contribution in [-0.4, -0.2) is 14.3 Å². The van der Waals surface area contributed by atoms with E-state index in [1.54, 1.807) is 6.33 Å². The number of rotatable bonds is 1. The lowest BCUT2D eigenvalue weighted by Crippen LogP contribution is -2.03. The average Bonchev–Trinajstić information content (AvgIpc) is 2.14. The summed E-state index contributed by atoms with van der Waals surface area (Å²) in [5.74, 6) is 0. The van der Waals surface area contributed by atoms with E-state index in [0.717, 1.165) is 4.77 Å². The molecule has 0 N–H and O–H groups in total. The lowest BCUT2D eigenvalue weighted by atomic mass is 10.4. The summed E-state index contributed by atoms with van der Waals surface area (Å²) in [6.45, 7) is 4.12. The van der Waals surface area contributed by atoms with Gasteiger partial charge >= 0.3 is 0 Å². The van der Waals surface area contributed by atoms with Crippen LogP contribution in [0.25, 0.3) is 0 Å². The molecule has 0 spiro atoms. The molecule has 4 heteroatoms. The van der Waals surface area contributed by atoms with Crippen LogP contribution < -0.4 is 0 Å². The maximum atomic E-state index is 5.07. The first kappa shape index (κ1) is 7.47. The van der Waals surface area contributed by atoms with Crippen molar-refractivity contribution in [2.75, 3.05) is 0 Å². The third-order valence-electron chi connectivity index (χ3n) is 1.34. The van der Waals surface area contributed by atoms with E-state index in [0.29, 0.717) is 6.04 Å². The lowest BCUT2D eigenvalue weighted by molar-refractivity contribution is 0.520. The quantitative estimate of drug-likeness (QED) is 0.577. The van der Waals surface area contributed by atoms with Crippen LogP contribution in [0.3, 0.4) is 0 Å². The molecule has 56 valence electrons. The van der Waals surface area contributed by atoms with Crippen LogP contribution >= 0.6 is 12.2 Å². The van der Waals surface area contributed by atoms with Crippen molar-refractivity contribution < 1.29 is 0 Å². The molecule has 0 saturated carbocycles. The topological polar surface area (TPSA) is 22.8 Å². The van der Waals surface area contributed by atoms with Gasteiger partial charge in [0, 0.05) is 13.1 Å². The van der Waals surface area contributed by atoms with Gasteiger partial charge in [-0.15, -0.1) is 0 Å². The maximum Gasteiger partial charge on any atom is 0.197 e. The molecule has 0 saturated heterocycles. The van der Waals surface area contributed by atoms with E-state index < -0.39 is 0 Å². The number of nitrogens with zero attached hydrogens (tertiary/aromatic N) is 3.